The van der Waals surface area contributed by atoms with Gasteiger partial charge in [0.05, 0.1) is 6.54 Å². The molecule has 1 atom stereocenters. The first-order valence-electron chi connectivity index (χ1n) is 8.36. The van der Waals surface area contributed by atoms with E-state index < -0.39 is 0 Å². The molecule has 0 radical (unpaired) electrons. The fourth-order valence-corrected chi connectivity index (χ4v) is 3.29. The lowest BCUT2D eigenvalue weighted by molar-refractivity contribution is -0.122. The molecule has 128 valence electrons. The van der Waals surface area contributed by atoms with Crippen molar-refractivity contribution in [2.45, 2.75) is 24.3 Å². The summed E-state index contributed by atoms with van der Waals surface area (Å²) in [5.74, 6) is 1.10. The molecule has 4 heteroatoms. The van der Waals surface area contributed by atoms with Crippen LogP contribution in [0.2, 0.25) is 0 Å². The number of hydrogen-bond acceptors (Lipinski definition) is 3. The average Bonchev–Trinajstić information content (AvgIpc) is 2.62. The normalized spacial score (nSPS) is 12.1. The van der Waals surface area contributed by atoms with E-state index in [2.05, 4.69) is 41.4 Å². The standard InChI is InChI=1S/C20H26N2OS/c1-17(18-10-5-3-6-11-18)22(2)16-20(23)21-14-9-15-24-19-12-7-4-8-13-19/h3-8,10-13,17H,9,14-16H2,1-2H3,(H,21,23)/t17-/m1/s1. The van der Waals surface area contributed by atoms with Crippen LogP contribution >= 0.6 is 11.8 Å². The molecule has 1 amide bonds. The van der Waals surface area contributed by atoms with Crippen molar-refractivity contribution < 1.29 is 4.79 Å². The summed E-state index contributed by atoms with van der Waals surface area (Å²) in [5.41, 5.74) is 1.23. The number of thioether (sulfide) groups is 1. The van der Waals surface area contributed by atoms with Crippen LogP contribution in [-0.4, -0.2) is 36.7 Å². The van der Waals surface area contributed by atoms with Crippen LogP contribution in [0, 0.1) is 0 Å². The Bertz CT molecular complexity index is 604. The van der Waals surface area contributed by atoms with Crippen molar-refractivity contribution in [2.24, 2.45) is 0 Å². The highest BCUT2D eigenvalue weighted by atomic mass is 32.2. The van der Waals surface area contributed by atoms with Crippen LogP contribution in [-0.2, 0) is 4.79 Å². The molecule has 0 spiro atoms. The van der Waals surface area contributed by atoms with Gasteiger partial charge in [0.25, 0.3) is 0 Å². The van der Waals surface area contributed by atoms with Gasteiger partial charge in [-0.2, -0.15) is 0 Å². The Morgan fingerprint density at radius 1 is 1.08 bits per heavy atom. The van der Waals surface area contributed by atoms with Crippen molar-refractivity contribution in [3.05, 3.63) is 66.2 Å². The molecule has 24 heavy (non-hydrogen) atoms. The average molecular weight is 343 g/mol. The van der Waals surface area contributed by atoms with E-state index in [1.165, 1.54) is 10.5 Å². The van der Waals surface area contributed by atoms with E-state index in [-0.39, 0.29) is 11.9 Å². The lowest BCUT2D eigenvalue weighted by Gasteiger charge is -2.24. The largest absolute Gasteiger partial charge is 0.355 e. The highest BCUT2D eigenvalue weighted by molar-refractivity contribution is 7.99. The first-order valence-corrected chi connectivity index (χ1v) is 9.35. The first-order chi connectivity index (χ1) is 11.7. The number of benzene rings is 2. The topological polar surface area (TPSA) is 32.3 Å². The van der Waals surface area contributed by atoms with Gasteiger partial charge in [0, 0.05) is 17.5 Å². The molecule has 2 aromatic carbocycles. The lowest BCUT2D eigenvalue weighted by Crippen LogP contribution is -2.36. The Balaban J connectivity index is 1.62. The molecular formula is C20H26N2OS. The Kier molecular flexibility index (Phi) is 7.86. The summed E-state index contributed by atoms with van der Waals surface area (Å²) in [6.45, 7) is 3.27. The van der Waals surface area contributed by atoms with Crippen molar-refractivity contribution >= 4 is 17.7 Å². The number of hydrogen-bond donors (Lipinski definition) is 1. The lowest BCUT2D eigenvalue weighted by atomic mass is 10.1. The molecule has 0 bridgehead atoms. The molecule has 0 aromatic heterocycles. The fraction of sp³-hybridized carbons (Fsp3) is 0.350. The summed E-state index contributed by atoms with van der Waals surface area (Å²) in [5, 5.41) is 3.01. The Labute approximate surface area is 149 Å². The number of carbonyl (C=O) groups excluding carboxylic acids is 1. The van der Waals surface area contributed by atoms with Crippen LogP contribution in [0.3, 0.4) is 0 Å². The zero-order valence-corrected chi connectivity index (χ0v) is 15.3. The third-order valence-corrected chi connectivity index (χ3v) is 5.09. The molecule has 3 nitrogen and oxygen atoms in total. The minimum Gasteiger partial charge on any atom is -0.355 e. The van der Waals surface area contributed by atoms with Crippen molar-refractivity contribution in [1.82, 2.24) is 10.2 Å². The maximum atomic E-state index is 12.1. The van der Waals surface area contributed by atoms with Gasteiger partial charge >= 0.3 is 0 Å². The maximum Gasteiger partial charge on any atom is 0.234 e. The summed E-state index contributed by atoms with van der Waals surface area (Å²) in [4.78, 5) is 15.4. The van der Waals surface area contributed by atoms with E-state index in [0.717, 1.165) is 18.7 Å². The number of nitrogens with one attached hydrogen (secondary N) is 1. The zero-order chi connectivity index (χ0) is 17.2. The molecule has 0 heterocycles. The summed E-state index contributed by atoms with van der Waals surface area (Å²) >= 11 is 1.83. The van der Waals surface area contributed by atoms with E-state index in [4.69, 9.17) is 0 Å². The van der Waals surface area contributed by atoms with Gasteiger partial charge in [0.1, 0.15) is 0 Å². The summed E-state index contributed by atoms with van der Waals surface area (Å²) in [7, 11) is 1.99. The Hall–Kier alpha value is -1.78. The van der Waals surface area contributed by atoms with E-state index in [1.54, 1.807) is 0 Å². The highest BCUT2D eigenvalue weighted by Crippen LogP contribution is 2.18. The van der Waals surface area contributed by atoms with Crippen LogP contribution in [0.4, 0.5) is 0 Å². The Morgan fingerprint density at radius 3 is 2.38 bits per heavy atom. The van der Waals surface area contributed by atoms with Crippen LogP contribution in [0.15, 0.2) is 65.6 Å². The molecule has 2 aromatic rings. The van der Waals surface area contributed by atoms with Crippen molar-refractivity contribution in [1.29, 1.82) is 0 Å². The van der Waals surface area contributed by atoms with Gasteiger partial charge in [-0.25, -0.2) is 0 Å². The quantitative estimate of drug-likeness (QED) is 0.553. The van der Waals surface area contributed by atoms with Crippen LogP contribution in [0.5, 0.6) is 0 Å². The second-order valence-electron chi connectivity index (χ2n) is 5.87. The van der Waals surface area contributed by atoms with Crippen molar-refractivity contribution in [3.63, 3.8) is 0 Å². The molecular weight excluding hydrogens is 316 g/mol. The van der Waals surface area contributed by atoms with Crippen LogP contribution in [0.1, 0.15) is 24.9 Å². The molecule has 0 saturated carbocycles. The van der Waals surface area contributed by atoms with Gasteiger partial charge in [-0.15, -0.1) is 11.8 Å². The number of carbonyl (C=O) groups is 1. The Morgan fingerprint density at radius 2 is 1.71 bits per heavy atom. The SMILES string of the molecule is C[C@H](c1ccccc1)N(C)CC(=O)NCCCSc1ccccc1. The fourth-order valence-electron chi connectivity index (χ4n) is 2.41. The van der Waals surface area contributed by atoms with Crippen LogP contribution in [0.25, 0.3) is 0 Å². The minimum absolute atomic E-state index is 0.0880. The third kappa shape index (κ3) is 6.38. The number of amides is 1. The molecule has 0 fully saturated rings. The highest BCUT2D eigenvalue weighted by Gasteiger charge is 2.14. The van der Waals surface area contributed by atoms with Gasteiger partial charge in [0.2, 0.25) is 5.91 Å². The van der Waals surface area contributed by atoms with Gasteiger partial charge in [-0.05, 0) is 43.8 Å². The molecule has 0 aliphatic carbocycles. The number of rotatable bonds is 9. The van der Waals surface area contributed by atoms with Gasteiger partial charge in [-0.1, -0.05) is 48.5 Å². The summed E-state index contributed by atoms with van der Waals surface area (Å²) < 4.78 is 0. The summed E-state index contributed by atoms with van der Waals surface area (Å²) in [6.07, 6.45) is 0.975. The monoisotopic (exact) mass is 342 g/mol. The maximum absolute atomic E-state index is 12.1. The van der Waals surface area contributed by atoms with E-state index in [1.807, 2.05) is 55.2 Å². The predicted octanol–water partition coefficient (Wildman–Crippen LogP) is 3.98. The second-order valence-corrected chi connectivity index (χ2v) is 7.04. The molecule has 0 saturated heterocycles. The zero-order valence-electron chi connectivity index (χ0n) is 14.4. The van der Waals surface area contributed by atoms with Gasteiger partial charge in [-0.3, -0.25) is 9.69 Å². The van der Waals surface area contributed by atoms with E-state index in [0.29, 0.717) is 6.54 Å². The van der Waals surface area contributed by atoms with Crippen molar-refractivity contribution in [3.8, 4) is 0 Å². The number of likely N-dealkylation sites (N-methyl/N-ethyl adjacent to an activating group) is 1. The van der Waals surface area contributed by atoms with E-state index >= 15 is 0 Å². The second kappa shape index (κ2) is 10.2. The first kappa shape index (κ1) is 18.6. The molecule has 1 N–H and O–H groups in total. The summed E-state index contributed by atoms with van der Waals surface area (Å²) in [6, 6.07) is 20.8. The molecule has 0 aliphatic heterocycles. The van der Waals surface area contributed by atoms with Crippen molar-refractivity contribution in [2.75, 3.05) is 25.9 Å². The van der Waals surface area contributed by atoms with Crippen LogP contribution < -0.4 is 5.32 Å². The van der Waals surface area contributed by atoms with Gasteiger partial charge < -0.3 is 5.32 Å². The third-order valence-electron chi connectivity index (χ3n) is 3.99. The molecule has 2 rings (SSSR count). The molecule has 0 aliphatic rings. The molecule has 0 unspecified atom stereocenters. The smallest absolute Gasteiger partial charge is 0.234 e. The van der Waals surface area contributed by atoms with Gasteiger partial charge in [0.15, 0.2) is 0 Å². The predicted molar refractivity (Wildman–Crippen MR) is 102 cm³/mol. The number of nitrogens with zero attached hydrogens (tertiary/aromatic N) is 1. The minimum atomic E-state index is 0.0880. The van der Waals surface area contributed by atoms with E-state index in [9.17, 15) is 4.79 Å².